The Morgan fingerprint density at radius 2 is 2.20 bits per heavy atom. The van der Waals surface area contributed by atoms with E-state index in [9.17, 15) is 4.79 Å². The van der Waals surface area contributed by atoms with Crippen LogP contribution in [0.1, 0.15) is 23.5 Å². The van der Waals surface area contributed by atoms with E-state index in [-0.39, 0.29) is 11.7 Å². The van der Waals surface area contributed by atoms with E-state index in [0.717, 1.165) is 15.2 Å². The van der Waals surface area contributed by atoms with Crippen molar-refractivity contribution in [3.8, 4) is 0 Å². The van der Waals surface area contributed by atoms with Gasteiger partial charge in [0.15, 0.2) is 5.78 Å². The van der Waals surface area contributed by atoms with Crippen LogP contribution >= 0.6 is 27.3 Å². The van der Waals surface area contributed by atoms with Crippen LogP contribution in [0.4, 0.5) is 0 Å². The van der Waals surface area contributed by atoms with Crippen molar-refractivity contribution in [2.75, 3.05) is 13.6 Å². The van der Waals surface area contributed by atoms with Crippen LogP contribution < -0.4 is 5.32 Å². The lowest BCUT2D eigenvalue weighted by atomic mass is 9.91. The van der Waals surface area contributed by atoms with Crippen LogP contribution in [0.5, 0.6) is 0 Å². The molecule has 1 aromatic rings. The Kier molecular flexibility index (Phi) is 4.96. The molecule has 1 N–H and O–H groups in total. The number of ketones is 1. The van der Waals surface area contributed by atoms with Gasteiger partial charge in [-0.2, -0.15) is 0 Å². The second-order valence-corrected chi connectivity index (χ2v) is 6.34. The van der Waals surface area contributed by atoms with E-state index in [1.807, 2.05) is 19.2 Å². The normalized spacial score (nSPS) is 13.1. The summed E-state index contributed by atoms with van der Waals surface area (Å²) in [5.41, 5.74) is 0. The molecule has 0 amide bonds. The quantitative estimate of drug-likeness (QED) is 0.844. The van der Waals surface area contributed by atoms with Gasteiger partial charge in [0, 0.05) is 12.5 Å². The summed E-state index contributed by atoms with van der Waals surface area (Å²) in [6.07, 6.45) is 0. The number of hydrogen-bond donors (Lipinski definition) is 1. The van der Waals surface area contributed by atoms with Crippen molar-refractivity contribution in [1.29, 1.82) is 0 Å². The van der Waals surface area contributed by atoms with E-state index in [4.69, 9.17) is 0 Å². The maximum atomic E-state index is 12.1. The Labute approximate surface area is 103 Å². The van der Waals surface area contributed by atoms with Crippen LogP contribution in [0.25, 0.3) is 0 Å². The largest absolute Gasteiger partial charge is 0.319 e. The first-order valence-electron chi connectivity index (χ1n) is 5.00. The minimum atomic E-state index is 0.0700. The lowest BCUT2D eigenvalue weighted by Crippen LogP contribution is -2.30. The molecule has 0 aliphatic rings. The first-order chi connectivity index (χ1) is 7.06. The standard InChI is InChI=1S/C11H16BrNOS/c1-7(2)8(6-13-3)11(14)9-4-5-10(12)15-9/h4-5,7-8,13H,6H2,1-3H3. The first-order valence-corrected chi connectivity index (χ1v) is 6.61. The van der Waals surface area contributed by atoms with Crippen LogP contribution in [-0.4, -0.2) is 19.4 Å². The summed E-state index contributed by atoms with van der Waals surface area (Å²) in [7, 11) is 1.88. The molecule has 0 aromatic carbocycles. The third kappa shape index (κ3) is 3.40. The fourth-order valence-corrected chi connectivity index (χ4v) is 2.87. The Bertz CT molecular complexity index is 335. The number of nitrogens with one attached hydrogen (secondary N) is 1. The summed E-state index contributed by atoms with van der Waals surface area (Å²) in [6.45, 7) is 4.91. The fourth-order valence-electron chi connectivity index (χ4n) is 1.48. The molecular weight excluding hydrogens is 274 g/mol. The molecule has 2 nitrogen and oxygen atoms in total. The first kappa shape index (κ1) is 12.9. The molecule has 0 aliphatic heterocycles. The molecular formula is C11H16BrNOS. The predicted molar refractivity (Wildman–Crippen MR) is 68.6 cm³/mol. The zero-order valence-corrected chi connectivity index (χ0v) is 11.6. The average Bonchev–Trinajstić information content (AvgIpc) is 2.59. The highest BCUT2D eigenvalue weighted by molar-refractivity contribution is 9.11. The Hall–Kier alpha value is -0.190. The molecule has 1 unspecified atom stereocenters. The van der Waals surface area contributed by atoms with Gasteiger partial charge in [-0.15, -0.1) is 11.3 Å². The summed E-state index contributed by atoms with van der Waals surface area (Å²) >= 11 is 4.88. The van der Waals surface area contributed by atoms with Gasteiger partial charge in [0.05, 0.1) is 8.66 Å². The number of carbonyl (C=O) groups is 1. The Morgan fingerprint density at radius 3 is 2.60 bits per heavy atom. The molecule has 0 spiro atoms. The highest BCUT2D eigenvalue weighted by atomic mass is 79.9. The lowest BCUT2D eigenvalue weighted by molar-refractivity contribution is 0.0890. The highest BCUT2D eigenvalue weighted by Crippen LogP contribution is 2.26. The van der Waals surface area contributed by atoms with Gasteiger partial charge in [0.1, 0.15) is 0 Å². The van der Waals surface area contributed by atoms with Crippen LogP contribution in [0.2, 0.25) is 0 Å². The summed E-state index contributed by atoms with van der Waals surface area (Å²) in [4.78, 5) is 13.0. The molecule has 4 heteroatoms. The molecule has 1 atom stereocenters. The SMILES string of the molecule is CNCC(C(=O)c1ccc(Br)s1)C(C)C. The van der Waals surface area contributed by atoms with Gasteiger partial charge >= 0.3 is 0 Å². The van der Waals surface area contributed by atoms with Gasteiger partial charge in [0.25, 0.3) is 0 Å². The van der Waals surface area contributed by atoms with Crippen LogP contribution in [0.3, 0.4) is 0 Å². The maximum absolute atomic E-state index is 12.1. The van der Waals surface area contributed by atoms with Crippen LogP contribution in [0.15, 0.2) is 15.9 Å². The van der Waals surface area contributed by atoms with E-state index in [0.29, 0.717) is 5.92 Å². The van der Waals surface area contributed by atoms with Crippen molar-refractivity contribution in [3.05, 3.63) is 20.8 Å². The summed E-state index contributed by atoms with van der Waals surface area (Å²) in [5, 5.41) is 3.08. The lowest BCUT2D eigenvalue weighted by Gasteiger charge is -2.18. The van der Waals surface area contributed by atoms with E-state index in [1.165, 1.54) is 11.3 Å². The smallest absolute Gasteiger partial charge is 0.177 e. The van der Waals surface area contributed by atoms with Crippen LogP contribution in [-0.2, 0) is 0 Å². The summed E-state index contributed by atoms with van der Waals surface area (Å²) < 4.78 is 1.01. The molecule has 15 heavy (non-hydrogen) atoms. The van der Waals surface area contributed by atoms with Gasteiger partial charge in [-0.05, 0) is 41.0 Å². The third-order valence-corrected chi connectivity index (χ3v) is 4.02. The fraction of sp³-hybridized carbons (Fsp3) is 0.545. The highest BCUT2D eigenvalue weighted by Gasteiger charge is 2.23. The van der Waals surface area contributed by atoms with Gasteiger partial charge in [-0.1, -0.05) is 13.8 Å². The Morgan fingerprint density at radius 1 is 1.53 bits per heavy atom. The van der Waals surface area contributed by atoms with Gasteiger partial charge in [0.2, 0.25) is 0 Å². The third-order valence-electron chi connectivity index (χ3n) is 2.38. The number of halogens is 1. The van der Waals surface area contributed by atoms with Crippen molar-refractivity contribution >= 4 is 33.0 Å². The van der Waals surface area contributed by atoms with Crippen molar-refractivity contribution in [2.24, 2.45) is 11.8 Å². The van der Waals surface area contributed by atoms with Crippen molar-refractivity contribution in [2.45, 2.75) is 13.8 Å². The molecule has 0 bridgehead atoms. The minimum absolute atomic E-state index is 0.0700. The molecule has 1 rings (SSSR count). The molecule has 0 radical (unpaired) electrons. The maximum Gasteiger partial charge on any atom is 0.177 e. The summed E-state index contributed by atoms with van der Waals surface area (Å²) in [6, 6.07) is 3.82. The summed E-state index contributed by atoms with van der Waals surface area (Å²) in [5.74, 6) is 0.682. The topological polar surface area (TPSA) is 29.1 Å². The van der Waals surface area contributed by atoms with Gasteiger partial charge in [-0.3, -0.25) is 4.79 Å². The molecule has 1 heterocycles. The van der Waals surface area contributed by atoms with E-state index in [2.05, 4.69) is 35.1 Å². The van der Waals surface area contributed by atoms with E-state index < -0.39 is 0 Å². The Balaban J connectivity index is 2.80. The molecule has 0 saturated carbocycles. The van der Waals surface area contributed by atoms with Crippen molar-refractivity contribution in [3.63, 3.8) is 0 Å². The second kappa shape index (κ2) is 5.77. The molecule has 0 fully saturated rings. The number of carbonyl (C=O) groups excluding carboxylic acids is 1. The predicted octanol–water partition coefficient (Wildman–Crippen LogP) is 3.18. The average molecular weight is 290 g/mol. The zero-order valence-electron chi connectivity index (χ0n) is 9.21. The number of thiophene rings is 1. The van der Waals surface area contributed by atoms with E-state index in [1.54, 1.807) is 0 Å². The zero-order chi connectivity index (χ0) is 11.4. The number of Topliss-reactive ketones (excluding diaryl/α,β-unsaturated/α-hetero) is 1. The monoisotopic (exact) mass is 289 g/mol. The molecule has 0 saturated heterocycles. The van der Waals surface area contributed by atoms with Gasteiger partial charge in [-0.25, -0.2) is 0 Å². The molecule has 1 aromatic heterocycles. The molecule has 84 valence electrons. The minimum Gasteiger partial charge on any atom is -0.319 e. The van der Waals surface area contributed by atoms with Gasteiger partial charge < -0.3 is 5.32 Å². The van der Waals surface area contributed by atoms with Crippen molar-refractivity contribution < 1.29 is 4.79 Å². The second-order valence-electron chi connectivity index (χ2n) is 3.88. The number of rotatable bonds is 5. The van der Waals surface area contributed by atoms with Crippen LogP contribution in [0, 0.1) is 11.8 Å². The van der Waals surface area contributed by atoms with Crippen molar-refractivity contribution in [1.82, 2.24) is 5.32 Å². The number of hydrogen-bond acceptors (Lipinski definition) is 3. The van der Waals surface area contributed by atoms with E-state index >= 15 is 0 Å². The molecule has 0 aliphatic carbocycles.